The molecule has 1 aliphatic rings. The van der Waals surface area contributed by atoms with Crippen LogP contribution in [0.2, 0.25) is 0 Å². The number of halogens is 1. The lowest BCUT2D eigenvalue weighted by molar-refractivity contribution is 0.0943. The molecule has 0 aliphatic heterocycles. The maximum Gasteiger partial charge on any atom is 0.251 e. The minimum Gasteiger partial charge on any atom is -0.494 e. The molecule has 1 aliphatic carbocycles. The van der Waals surface area contributed by atoms with Gasteiger partial charge in [-0.05, 0) is 49.4 Å². The van der Waals surface area contributed by atoms with Crippen LogP contribution in [0.25, 0.3) is 0 Å². The lowest BCUT2D eigenvalue weighted by Gasteiger charge is -2.18. The second-order valence-electron chi connectivity index (χ2n) is 5.25. The predicted molar refractivity (Wildman–Crippen MR) is 75.2 cm³/mol. The largest absolute Gasteiger partial charge is 0.494 e. The van der Waals surface area contributed by atoms with E-state index in [9.17, 15) is 9.18 Å². The molecule has 0 radical (unpaired) electrons. The summed E-state index contributed by atoms with van der Waals surface area (Å²) in [5.74, 6) is 0.283. The Morgan fingerprint density at radius 1 is 1.45 bits per heavy atom. The lowest BCUT2D eigenvalue weighted by Crippen LogP contribution is -2.32. The molecule has 0 saturated heterocycles. The molecule has 5 heteroatoms. The van der Waals surface area contributed by atoms with Gasteiger partial charge in [0.25, 0.3) is 5.91 Å². The highest BCUT2D eigenvalue weighted by molar-refractivity contribution is 5.94. The van der Waals surface area contributed by atoms with Gasteiger partial charge in [0.15, 0.2) is 11.6 Å². The van der Waals surface area contributed by atoms with Crippen molar-refractivity contribution in [2.24, 2.45) is 17.6 Å². The van der Waals surface area contributed by atoms with Gasteiger partial charge < -0.3 is 15.8 Å². The molecule has 1 aromatic carbocycles. The van der Waals surface area contributed by atoms with Gasteiger partial charge in [-0.15, -0.1) is 0 Å². The zero-order valence-corrected chi connectivity index (χ0v) is 11.7. The molecular weight excluding hydrogens is 259 g/mol. The van der Waals surface area contributed by atoms with Crippen LogP contribution < -0.4 is 15.8 Å². The molecule has 110 valence electrons. The molecule has 0 spiro atoms. The summed E-state index contributed by atoms with van der Waals surface area (Å²) in [7, 11) is 1.39. The SMILES string of the molecule is COc1ccc(C(=O)NCC2CCCC2CN)cc1F. The van der Waals surface area contributed by atoms with Gasteiger partial charge in [-0.3, -0.25) is 4.79 Å². The Labute approximate surface area is 118 Å². The number of carbonyl (C=O) groups excluding carboxylic acids is 1. The first-order valence-electron chi connectivity index (χ1n) is 6.97. The van der Waals surface area contributed by atoms with E-state index in [0.717, 1.165) is 12.8 Å². The smallest absolute Gasteiger partial charge is 0.251 e. The zero-order chi connectivity index (χ0) is 14.5. The number of methoxy groups -OCH3 is 1. The Bertz CT molecular complexity index is 479. The minimum absolute atomic E-state index is 0.139. The fourth-order valence-corrected chi connectivity index (χ4v) is 2.83. The molecule has 2 atom stereocenters. The van der Waals surface area contributed by atoms with E-state index < -0.39 is 5.82 Å². The number of carbonyl (C=O) groups is 1. The van der Waals surface area contributed by atoms with Gasteiger partial charge in [0.2, 0.25) is 0 Å². The lowest BCUT2D eigenvalue weighted by atomic mass is 9.96. The Balaban J connectivity index is 1.93. The third-order valence-electron chi connectivity index (χ3n) is 4.06. The molecule has 4 nitrogen and oxygen atoms in total. The van der Waals surface area contributed by atoms with Gasteiger partial charge >= 0.3 is 0 Å². The summed E-state index contributed by atoms with van der Waals surface area (Å²) in [4.78, 5) is 12.0. The van der Waals surface area contributed by atoms with Gasteiger partial charge in [0.05, 0.1) is 7.11 Å². The van der Waals surface area contributed by atoms with E-state index in [-0.39, 0.29) is 11.7 Å². The molecule has 2 unspecified atom stereocenters. The van der Waals surface area contributed by atoms with Crippen LogP contribution in [0.1, 0.15) is 29.6 Å². The summed E-state index contributed by atoms with van der Waals surface area (Å²) in [5.41, 5.74) is 6.03. The fourth-order valence-electron chi connectivity index (χ4n) is 2.83. The van der Waals surface area contributed by atoms with Gasteiger partial charge in [-0.1, -0.05) is 6.42 Å². The summed E-state index contributed by atoms with van der Waals surface area (Å²) in [6.45, 7) is 1.27. The van der Waals surface area contributed by atoms with Crippen LogP contribution in [0.3, 0.4) is 0 Å². The first-order chi connectivity index (χ1) is 9.65. The Morgan fingerprint density at radius 3 is 2.85 bits per heavy atom. The highest BCUT2D eigenvalue weighted by Gasteiger charge is 2.26. The van der Waals surface area contributed by atoms with Crippen LogP contribution in [0.15, 0.2) is 18.2 Å². The van der Waals surface area contributed by atoms with Gasteiger partial charge in [-0.2, -0.15) is 0 Å². The van der Waals surface area contributed by atoms with E-state index in [4.69, 9.17) is 10.5 Å². The third-order valence-corrected chi connectivity index (χ3v) is 4.06. The van der Waals surface area contributed by atoms with Gasteiger partial charge in [-0.25, -0.2) is 4.39 Å². The second kappa shape index (κ2) is 6.70. The van der Waals surface area contributed by atoms with E-state index in [1.807, 2.05) is 0 Å². The monoisotopic (exact) mass is 280 g/mol. The number of benzene rings is 1. The highest BCUT2D eigenvalue weighted by Crippen LogP contribution is 2.30. The molecule has 1 amide bonds. The number of nitrogens with two attached hydrogens (primary N) is 1. The zero-order valence-electron chi connectivity index (χ0n) is 11.7. The number of amides is 1. The molecule has 0 heterocycles. The predicted octanol–water partition coefficient (Wildman–Crippen LogP) is 1.94. The van der Waals surface area contributed by atoms with Crippen LogP contribution >= 0.6 is 0 Å². The number of nitrogens with one attached hydrogen (secondary N) is 1. The van der Waals surface area contributed by atoms with E-state index in [1.54, 1.807) is 6.07 Å². The Morgan fingerprint density at radius 2 is 2.20 bits per heavy atom. The van der Waals surface area contributed by atoms with Crippen molar-refractivity contribution < 1.29 is 13.9 Å². The Hall–Kier alpha value is -1.62. The molecule has 3 N–H and O–H groups in total. The van der Waals surface area contributed by atoms with Crippen LogP contribution in [0, 0.1) is 17.7 Å². The van der Waals surface area contributed by atoms with Crippen LogP contribution in [-0.2, 0) is 0 Å². The summed E-state index contributed by atoms with van der Waals surface area (Å²) < 4.78 is 18.4. The van der Waals surface area contributed by atoms with Crippen LogP contribution in [0.4, 0.5) is 4.39 Å². The van der Waals surface area contributed by atoms with E-state index in [0.29, 0.717) is 30.5 Å². The number of ether oxygens (including phenoxy) is 1. The average Bonchev–Trinajstić information content (AvgIpc) is 2.92. The molecule has 20 heavy (non-hydrogen) atoms. The second-order valence-corrected chi connectivity index (χ2v) is 5.25. The third kappa shape index (κ3) is 3.28. The van der Waals surface area contributed by atoms with Crippen molar-refractivity contribution in [3.05, 3.63) is 29.6 Å². The van der Waals surface area contributed by atoms with Gasteiger partial charge in [0.1, 0.15) is 0 Å². The summed E-state index contributed by atoms with van der Waals surface area (Å²) >= 11 is 0. The fraction of sp³-hybridized carbons (Fsp3) is 0.533. The first kappa shape index (κ1) is 14.8. The molecule has 0 bridgehead atoms. The molecular formula is C15H21FN2O2. The number of hydrogen-bond donors (Lipinski definition) is 2. The highest BCUT2D eigenvalue weighted by atomic mass is 19.1. The molecule has 2 rings (SSSR count). The number of rotatable bonds is 5. The van der Waals surface area contributed by atoms with Crippen molar-refractivity contribution >= 4 is 5.91 Å². The first-order valence-corrected chi connectivity index (χ1v) is 6.97. The molecule has 1 aromatic rings. The van der Waals surface area contributed by atoms with Crippen LogP contribution in [-0.4, -0.2) is 26.1 Å². The van der Waals surface area contributed by atoms with E-state index >= 15 is 0 Å². The summed E-state index contributed by atoms with van der Waals surface area (Å²) in [6, 6.07) is 4.22. The van der Waals surface area contributed by atoms with Crippen molar-refractivity contribution in [2.75, 3.05) is 20.2 Å². The molecule has 0 aromatic heterocycles. The van der Waals surface area contributed by atoms with Crippen molar-refractivity contribution in [3.8, 4) is 5.75 Å². The average molecular weight is 280 g/mol. The van der Waals surface area contributed by atoms with Crippen molar-refractivity contribution in [2.45, 2.75) is 19.3 Å². The standard InChI is InChI=1S/C15H21FN2O2/c1-20-14-6-5-10(7-13(14)16)15(19)18-9-12-4-2-3-11(12)8-17/h5-7,11-12H,2-4,8-9,17H2,1H3,(H,18,19). The quantitative estimate of drug-likeness (QED) is 0.866. The van der Waals surface area contributed by atoms with Gasteiger partial charge in [0, 0.05) is 12.1 Å². The van der Waals surface area contributed by atoms with Crippen molar-refractivity contribution in [1.29, 1.82) is 0 Å². The number of hydrogen-bond acceptors (Lipinski definition) is 3. The minimum atomic E-state index is -0.527. The summed E-state index contributed by atoms with van der Waals surface area (Å²) in [5, 5.41) is 2.87. The maximum atomic E-state index is 13.5. The molecule has 1 saturated carbocycles. The van der Waals surface area contributed by atoms with E-state index in [1.165, 1.54) is 25.7 Å². The van der Waals surface area contributed by atoms with Crippen LogP contribution in [0.5, 0.6) is 5.75 Å². The van der Waals surface area contributed by atoms with E-state index in [2.05, 4.69) is 5.32 Å². The summed E-state index contributed by atoms with van der Waals surface area (Å²) in [6.07, 6.45) is 3.40. The van der Waals surface area contributed by atoms with Crippen molar-refractivity contribution in [1.82, 2.24) is 5.32 Å². The molecule has 1 fully saturated rings. The van der Waals surface area contributed by atoms with Crippen molar-refractivity contribution in [3.63, 3.8) is 0 Å². The topological polar surface area (TPSA) is 64.3 Å². The Kier molecular flexibility index (Phi) is 4.95. The maximum absolute atomic E-state index is 13.5. The normalized spacial score (nSPS) is 21.8.